The quantitative estimate of drug-likeness (QED) is 0.743. The van der Waals surface area contributed by atoms with Gasteiger partial charge in [0.05, 0.1) is 12.9 Å². The lowest BCUT2D eigenvalue weighted by molar-refractivity contribution is 0.158. The summed E-state index contributed by atoms with van der Waals surface area (Å²) in [6, 6.07) is 0.824. The first-order valence-corrected chi connectivity index (χ1v) is 9.84. The lowest BCUT2D eigenvalue weighted by atomic mass is 10.8. The van der Waals surface area contributed by atoms with Gasteiger partial charge in [0.2, 0.25) is 10.0 Å². The highest BCUT2D eigenvalue weighted by Crippen LogP contribution is 2.07. The predicted molar refractivity (Wildman–Crippen MR) is 57.5 cm³/mol. The molecular formula is C7H17NO4SSi. The zero-order valence-corrected chi connectivity index (χ0v) is 10.8. The molecule has 0 heterocycles. The molecule has 84 valence electrons. The third-order valence-corrected chi connectivity index (χ3v) is 3.60. The minimum Gasteiger partial charge on any atom is -0.449 e. The smallest absolute Gasteiger partial charge is 0.420 e. The van der Waals surface area contributed by atoms with Crippen LogP contribution in [0, 0.1) is 0 Å². The summed E-state index contributed by atoms with van der Waals surface area (Å²) in [5, 5.41) is 0. The summed E-state index contributed by atoms with van der Waals surface area (Å²) in [4.78, 5) is 10.8. The number of ether oxygens (including phenoxy) is 1. The first kappa shape index (κ1) is 13.4. The van der Waals surface area contributed by atoms with Gasteiger partial charge in [0.15, 0.2) is 0 Å². The third kappa shape index (κ3) is 9.52. The average Bonchev–Trinajstić information content (AvgIpc) is 1.78. The van der Waals surface area contributed by atoms with E-state index in [4.69, 9.17) is 4.74 Å². The largest absolute Gasteiger partial charge is 0.449 e. The number of nitrogens with one attached hydrogen (secondary N) is 1. The van der Waals surface area contributed by atoms with Gasteiger partial charge >= 0.3 is 6.09 Å². The molecule has 5 nitrogen and oxygen atoms in total. The minimum atomic E-state index is -3.50. The maximum atomic E-state index is 10.8. The van der Waals surface area contributed by atoms with Gasteiger partial charge in [-0.3, -0.25) is 0 Å². The molecule has 0 saturated carbocycles. The van der Waals surface area contributed by atoms with Crippen LogP contribution in [0.2, 0.25) is 25.7 Å². The van der Waals surface area contributed by atoms with Crippen molar-refractivity contribution in [2.24, 2.45) is 0 Å². The van der Waals surface area contributed by atoms with E-state index < -0.39 is 24.2 Å². The summed E-state index contributed by atoms with van der Waals surface area (Å²) < 4.78 is 27.6. The van der Waals surface area contributed by atoms with Gasteiger partial charge in [0, 0.05) is 8.07 Å². The molecule has 0 aliphatic rings. The molecule has 0 radical (unpaired) electrons. The standard InChI is InChI=1S/C7H17NO4SSi/c1-13(10,11)8-7(9)12-5-6-14(2,3)4/h5-6H2,1-4H3,(H,8,9). The van der Waals surface area contributed by atoms with E-state index >= 15 is 0 Å². The molecule has 0 aromatic rings. The SMILES string of the molecule is C[Si](C)(C)CCOC(=O)NS(C)(=O)=O. The number of hydrogen-bond acceptors (Lipinski definition) is 4. The van der Waals surface area contributed by atoms with E-state index in [0.29, 0.717) is 0 Å². The van der Waals surface area contributed by atoms with Crippen LogP contribution in [0.15, 0.2) is 0 Å². The lowest BCUT2D eigenvalue weighted by Crippen LogP contribution is -2.31. The van der Waals surface area contributed by atoms with E-state index in [9.17, 15) is 13.2 Å². The number of hydrogen-bond donors (Lipinski definition) is 1. The Hall–Kier alpha value is -0.563. The van der Waals surface area contributed by atoms with Crippen molar-refractivity contribution in [1.82, 2.24) is 4.72 Å². The van der Waals surface area contributed by atoms with E-state index in [1.807, 2.05) is 0 Å². The maximum absolute atomic E-state index is 10.8. The molecule has 0 unspecified atom stereocenters. The Morgan fingerprint density at radius 3 is 2.21 bits per heavy atom. The topological polar surface area (TPSA) is 72.5 Å². The van der Waals surface area contributed by atoms with E-state index in [-0.39, 0.29) is 6.61 Å². The summed E-state index contributed by atoms with van der Waals surface area (Å²) >= 11 is 0. The Morgan fingerprint density at radius 1 is 1.36 bits per heavy atom. The van der Waals surface area contributed by atoms with Crippen molar-refractivity contribution in [3.8, 4) is 0 Å². The zero-order valence-electron chi connectivity index (χ0n) is 8.96. The summed E-state index contributed by atoms with van der Waals surface area (Å²) in [7, 11) is -4.74. The highest BCUT2D eigenvalue weighted by atomic mass is 32.2. The summed E-state index contributed by atoms with van der Waals surface area (Å²) in [6.45, 7) is 6.71. The van der Waals surface area contributed by atoms with Crippen LogP contribution in [0.25, 0.3) is 0 Å². The van der Waals surface area contributed by atoms with E-state index in [1.54, 1.807) is 4.72 Å². The van der Waals surface area contributed by atoms with Crippen LogP contribution in [-0.4, -0.2) is 35.4 Å². The molecule has 0 spiro atoms. The lowest BCUT2D eigenvalue weighted by Gasteiger charge is -2.15. The Bertz CT molecular complexity index is 293. The van der Waals surface area contributed by atoms with Crippen molar-refractivity contribution in [2.75, 3.05) is 12.9 Å². The second-order valence-corrected chi connectivity index (χ2v) is 11.7. The Labute approximate surface area is 85.9 Å². The van der Waals surface area contributed by atoms with Crippen molar-refractivity contribution in [2.45, 2.75) is 25.7 Å². The molecule has 0 aliphatic carbocycles. The van der Waals surface area contributed by atoms with Crippen molar-refractivity contribution in [3.05, 3.63) is 0 Å². The number of sulfonamides is 1. The van der Waals surface area contributed by atoms with Gasteiger partial charge in [-0.15, -0.1) is 0 Å². The summed E-state index contributed by atoms with van der Waals surface area (Å²) in [5.41, 5.74) is 0. The molecule has 0 aromatic heterocycles. The van der Waals surface area contributed by atoms with Crippen LogP contribution in [-0.2, 0) is 14.8 Å². The monoisotopic (exact) mass is 239 g/mol. The zero-order chi connectivity index (χ0) is 11.4. The summed E-state index contributed by atoms with van der Waals surface area (Å²) in [6.07, 6.45) is 0.0120. The number of rotatable bonds is 4. The van der Waals surface area contributed by atoms with Crippen molar-refractivity contribution < 1.29 is 17.9 Å². The molecule has 7 heteroatoms. The molecular weight excluding hydrogens is 222 g/mol. The van der Waals surface area contributed by atoms with Gasteiger partial charge in [-0.2, -0.15) is 0 Å². The number of carbonyl (C=O) groups excluding carboxylic acids is 1. The Morgan fingerprint density at radius 2 is 1.86 bits per heavy atom. The first-order valence-electron chi connectivity index (χ1n) is 4.25. The molecule has 0 fully saturated rings. The van der Waals surface area contributed by atoms with Crippen LogP contribution >= 0.6 is 0 Å². The van der Waals surface area contributed by atoms with Crippen LogP contribution in [0.5, 0.6) is 0 Å². The van der Waals surface area contributed by atoms with E-state index in [1.165, 1.54) is 0 Å². The van der Waals surface area contributed by atoms with Crippen molar-refractivity contribution in [3.63, 3.8) is 0 Å². The van der Waals surface area contributed by atoms with Gasteiger partial charge in [0.25, 0.3) is 0 Å². The molecule has 0 bridgehead atoms. The normalized spacial score (nSPS) is 12.3. The second kappa shape index (κ2) is 4.79. The Balaban J connectivity index is 3.77. The third-order valence-electron chi connectivity index (χ3n) is 1.35. The van der Waals surface area contributed by atoms with E-state index in [0.717, 1.165) is 12.3 Å². The number of amides is 1. The summed E-state index contributed by atoms with van der Waals surface area (Å²) in [5.74, 6) is 0. The first-order chi connectivity index (χ1) is 6.10. The maximum Gasteiger partial charge on any atom is 0.420 e. The van der Waals surface area contributed by atoms with Crippen LogP contribution < -0.4 is 4.72 Å². The molecule has 14 heavy (non-hydrogen) atoms. The van der Waals surface area contributed by atoms with Gasteiger partial charge in [-0.25, -0.2) is 17.9 Å². The van der Waals surface area contributed by atoms with Crippen LogP contribution in [0.4, 0.5) is 4.79 Å². The molecule has 0 rings (SSSR count). The van der Waals surface area contributed by atoms with Crippen LogP contribution in [0.3, 0.4) is 0 Å². The fourth-order valence-electron chi connectivity index (χ4n) is 0.631. The molecule has 0 aromatic carbocycles. The van der Waals surface area contributed by atoms with Crippen molar-refractivity contribution >= 4 is 24.2 Å². The van der Waals surface area contributed by atoms with E-state index in [2.05, 4.69) is 19.6 Å². The second-order valence-electron chi connectivity index (χ2n) is 4.32. The average molecular weight is 239 g/mol. The molecule has 1 amide bonds. The van der Waals surface area contributed by atoms with Crippen molar-refractivity contribution in [1.29, 1.82) is 0 Å². The predicted octanol–water partition coefficient (Wildman–Crippen LogP) is 1.01. The fourth-order valence-corrected chi connectivity index (χ4v) is 1.71. The van der Waals surface area contributed by atoms with Gasteiger partial charge in [-0.05, 0) is 6.04 Å². The molecule has 1 N–H and O–H groups in total. The van der Waals surface area contributed by atoms with Gasteiger partial charge in [0.1, 0.15) is 0 Å². The highest BCUT2D eigenvalue weighted by Gasteiger charge is 2.15. The molecule has 0 aliphatic heterocycles. The molecule has 0 atom stereocenters. The molecule has 0 saturated heterocycles. The Kier molecular flexibility index (Phi) is 4.59. The minimum absolute atomic E-state index is 0.275. The highest BCUT2D eigenvalue weighted by molar-refractivity contribution is 7.89. The number of carbonyl (C=O) groups is 1. The van der Waals surface area contributed by atoms with Gasteiger partial charge in [-0.1, -0.05) is 19.6 Å². The fraction of sp³-hybridized carbons (Fsp3) is 0.857. The van der Waals surface area contributed by atoms with Crippen LogP contribution in [0.1, 0.15) is 0 Å². The van der Waals surface area contributed by atoms with Gasteiger partial charge < -0.3 is 4.74 Å².